The van der Waals surface area contributed by atoms with E-state index in [-0.39, 0.29) is 5.41 Å². The van der Waals surface area contributed by atoms with Crippen LogP contribution in [0.15, 0.2) is 6.20 Å². The molecule has 0 saturated carbocycles. The molecule has 20 heavy (non-hydrogen) atoms. The van der Waals surface area contributed by atoms with Gasteiger partial charge in [0, 0.05) is 36.8 Å². The van der Waals surface area contributed by atoms with Gasteiger partial charge < -0.3 is 5.73 Å². The van der Waals surface area contributed by atoms with E-state index in [2.05, 4.69) is 38.8 Å². The number of rotatable bonds is 4. The summed E-state index contributed by atoms with van der Waals surface area (Å²) >= 11 is 0. The molecule has 1 aromatic rings. The van der Waals surface area contributed by atoms with Crippen LogP contribution in [0.25, 0.3) is 0 Å². The van der Waals surface area contributed by atoms with E-state index in [1.165, 1.54) is 37.1 Å². The lowest BCUT2D eigenvalue weighted by molar-refractivity contribution is 0.178. The molecule has 1 aliphatic heterocycles. The monoisotopic (exact) mass is 278 g/mol. The Morgan fingerprint density at radius 2 is 2.15 bits per heavy atom. The second-order valence-corrected chi connectivity index (χ2v) is 7.05. The van der Waals surface area contributed by atoms with Crippen LogP contribution in [0, 0.1) is 0 Å². The molecular weight excluding hydrogens is 248 g/mol. The Balaban J connectivity index is 2.37. The minimum absolute atomic E-state index is 0.0610. The molecule has 1 aliphatic rings. The molecule has 2 heterocycles. The van der Waals surface area contributed by atoms with E-state index in [0.29, 0.717) is 18.6 Å². The highest BCUT2D eigenvalue weighted by Gasteiger charge is 2.34. The molecule has 0 aliphatic carbocycles. The first kappa shape index (κ1) is 15.5. The molecule has 2 unspecified atom stereocenters. The lowest BCUT2D eigenvalue weighted by Gasteiger charge is -2.33. The third-order valence-corrected chi connectivity index (χ3v) is 4.44. The van der Waals surface area contributed by atoms with Gasteiger partial charge in [-0.25, -0.2) is 0 Å². The average Bonchev–Trinajstić information content (AvgIpc) is 2.96. The van der Waals surface area contributed by atoms with Crippen molar-refractivity contribution in [3.05, 3.63) is 17.5 Å². The second kappa shape index (κ2) is 5.86. The summed E-state index contributed by atoms with van der Waals surface area (Å²) in [5, 5.41) is 4.71. The summed E-state index contributed by atoms with van der Waals surface area (Å²) in [4.78, 5) is 2.60. The summed E-state index contributed by atoms with van der Waals surface area (Å²) in [7, 11) is 2.01. The summed E-state index contributed by atoms with van der Waals surface area (Å²) in [6, 6.07) is 0.988. The van der Waals surface area contributed by atoms with E-state index in [0.717, 1.165) is 0 Å². The summed E-state index contributed by atoms with van der Waals surface area (Å²) in [6.07, 6.45) is 5.98. The minimum Gasteiger partial charge on any atom is -0.329 e. The van der Waals surface area contributed by atoms with Gasteiger partial charge in [0.1, 0.15) is 0 Å². The maximum Gasteiger partial charge on any atom is 0.0726 e. The van der Waals surface area contributed by atoms with Gasteiger partial charge in [0.25, 0.3) is 0 Å². The SMILES string of the molecule is CCC1CCCN1C(CN)c1cn(C)nc1C(C)(C)C. The molecule has 0 spiro atoms. The van der Waals surface area contributed by atoms with E-state index >= 15 is 0 Å². The van der Waals surface area contributed by atoms with Crippen LogP contribution in [0.5, 0.6) is 0 Å². The van der Waals surface area contributed by atoms with Gasteiger partial charge in [-0.15, -0.1) is 0 Å². The summed E-state index contributed by atoms with van der Waals surface area (Å²) in [5.41, 5.74) is 8.72. The van der Waals surface area contributed by atoms with Gasteiger partial charge in [-0.05, 0) is 25.8 Å². The Morgan fingerprint density at radius 1 is 1.45 bits per heavy atom. The number of hydrogen-bond donors (Lipinski definition) is 1. The van der Waals surface area contributed by atoms with Crippen LogP contribution in [0.3, 0.4) is 0 Å². The minimum atomic E-state index is 0.0610. The summed E-state index contributed by atoms with van der Waals surface area (Å²) < 4.78 is 1.94. The van der Waals surface area contributed by atoms with Gasteiger partial charge in [-0.1, -0.05) is 27.7 Å². The number of nitrogens with zero attached hydrogens (tertiary/aromatic N) is 3. The molecule has 0 aromatic carbocycles. The number of likely N-dealkylation sites (tertiary alicyclic amines) is 1. The molecule has 0 bridgehead atoms. The Kier molecular flexibility index (Phi) is 4.55. The fraction of sp³-hybridized carbons (Fsp3) is 0.812. The maximum absolute atomic E-state index is 6.14. The third kappa shape index (κ3) is 2.91. The highest BCUT2D eigenvalue weighted by Crippen LogP contribution is 2.35. The van der Waals surface area contributed by atoms with E-state index in [9.17, 15) is 0 Å². The van der Waals surface area contributed by atoms with Gasteiger partial charge in [0.15, 0.2) is 0 Å². The van der Waals surface area contributed by atoms with Crippen LogP contribution in [0.1, 0.15) is 64.3 Å². The predicted molar refractivity (Wildman–Crippen MR) is 83.7 cm³/mol. The number of nitrogens with two attached hydrogens (primary N) is 1. The van der Waals surface area contributed by atoms with Crippen molar-refractivity contribution < 1.29 is 0 Å². The largest absolute Gasteiger partial charge is 0.329 e. The van der Waals surface area contributed by atoms with E-state index in [1.807, 2.05) is 11.7 Å². The van der Waals surface area contributed by atoms with Crippen LogP contribution in [-0.2, 0) is 12.5 Å². The van der Waals surface area contributed by atoms with Crippen molar-refractivity contribution in [2.75, 3.05) is 13.1 Å². The molecule has 2 rings (SSSR count). The normalized spacial score (nSPS) is 22.4. The fourth-order valence-corrected chi connectivity index (χ4v) is 3.48. The van der Waals surface area contributed by atoms with Gasteiger partial charge >= 0.3 is 0 Å². The molecule has 0 amide bonds. The molecule has 2 atom stereocenters. The lowest BCUT2D eigenvalue weighted by atomic mass is 9.87. The first-order chi connectivity index (χ1) is 9.38. The highest BCUT2D eigenvalue weighted by atomic mass is 15.3. The van der Waals surface area contributed by atoms with Crippen molar-refractivity contribution in [2.45, 2.75) is 64.5 Å². The molecule has 1 fully saturated rings. The maximum atomic E-state index is 6.14. The first-order valence-corrected chi connectivity index (χ1v) is 7.88. The van der Waals surface area contributed by atoms with Crippen molar-refractivity contribution >= 4 is 0 Å². The fourth-order valence-electron chi connectivity index (χ4n) is 3.48. The van der Waals surface area contributed by atoms with Crippen molar-refractivity contribution in [3.63, 3.8) is 0 Å². The molecular formula is C16H30N4. The Morgan fingerprint density at radius 3 is 2.70 bits per heavy atom. The van der Waals surface area contributed by atoms with E-state index in [1.54, 1.807) is 0 Å². The highest BCUT2D eigenvalue weighted by molar-refractivity contribution is 5.28. The van der Waals surface area contributed by atoms with Crippen molar-refractivity contribution in [2.24, 2.45) is 12.8 Å². The van der Waals surface area contributed by atoms with Gasteiger partial charge in [0.05, 0.1) is 11.7 Å². The van der Waals surface area contributed by atoms with Crippen LogP contribution in [0.4, 0.5) is 0 Å². The Labute approximate surface area is 123 Å². The van der Waals surface area contributed by atoms with Crippen LogP contribution in [-0.4, -0.2) is 33.8 Å². The topological polar surface area (TPSA) is 47.1 Å². The quantitative estimate of drug-likeness (QED) is 0.921. The molecule has 0 radical (unpaired) electrons. The van der Waals surface area contributed by atoms with Gasteiger partial charge in [0.2, 0.25) is 0 Å². The molecule has 114 valence electrons. The third-order valence-electron chi connectivity index (χ3n) is 4.44. The van der Waals surface area contributed by atoms with Crippen molar-refractivity contribution in [3.8, 4) is 0 Å². The van der Waals surface area contributed by atoms with E-state index < -0.39 is 0 Å². The number of aryl methyl sites for hydroxylation is 1. The Hall–Kier alpha value is -0.870. The molecule has 2 N–H and O–H groups in total. The van der Waals surface area contributed by atoms with Crippen molar-refractivity contribution in [1.82, 2.24) is 14.7 Å². The van der Waals surface area contributed by atoms with E-state index in [4.69, 9.17) is 10.8 Å². The van der Waals surface area contributed by atoms with Crippen molar-refractivity contribution in [1.29, 1.82) is 0 Å². The smallest absolute Gasteiger partial charge is 0.0726 e. The predicted octanol–water partition coefficient (Wildman–Crippen LogP) is 2.59. The standard InChI is InChI=1S/C16H30N4/c1-6-12-8-7-9-20(12)14(10-17)13-11-19(5)18-15(13)16(2,3)4/h11-12,14H,6-10,17H2,1-5H3. The second-order valence-electron chi connectivity index (χ2n) is 7.05. The van der Waals surface area contributed by atoms with Crippen LogP contribution >= 0.6 is 0 Å². The summed E-state index contributed by atoms with van der Waals surface area (Å²) in [5.74, 6) is 0. The molecule has 4 heteroatoms. The van der Waals surface area contributed by atoms with Crippen LogP contribution in [0.2, 0.25) is 0 Å². The first-order valence-electron chi connectivity index (χ1n) is 7.88. The van der Waals surface area contributed by atoms with Gasteiger partial charge in [-0.3, -0.25) is 9.58 Å². The summed E-state index contributed by atoms with van der Waals surface area (Å²) in [6.45, 7) is 10.8. The average molecular weight is 278 g/mol. The number of hydrogen-bond acceptors (Lipinski definition) is 3. The number of aromatic nitrogens is 2. The molecule has 1 aromatic heterocycles. The zero-order valence-corrected chi connectivity index (χ0v) is 13.7. The zero-order valence-electron chi connectivity index (χ0n) is 13.7. The molecule has 1 saturated heterocycles. The Bertz CT molecular complexity index is 444. The van der Waals surface area contributed by atoms with Crippen LogP contribution < -0.4 is 5.73 Å². The lowest BCUT2D eigenvalue weighted by Crippen LogP contribution is -2.38. The zero-order chi connectivity index (χ0) is 14.9. The molecule has 4 nitrogen and oxygen atoms in total. The van der Waals surface area contributed by atoms with Gasteiger partial charge in [-0.2, -0.15) is 5.10 Å².